The molecular weight excluding hydrogens is 260 g/mol. The first kappa shape index (κ1) is 13.8. The van der Waals surface area contributed by atoms with Gasteiger partial charge in [0.2, 0.25) is 5.91 Å². The van der Waals surface area contributed by atoms with E-state index in [1.165, 1.54) is 5.56 Å². The predicted octanol–water partition coefficient (Wildman–Crippen LogP) is 3.29. The van der Waals surface area contributed by atoms with Gasteiger partial charge in [-0.2, -0.15) is 0 Å². The lowest BCUT2D eigenvalue weighted by molar-refractivity contribution is -0.116. The minimum absolute atomic E-state index is 0.108. The van der Waals surface area contributed by atoms with Crippen LogP contribution in [0.15, 0.2) is 54.6 Å². The maximum absolute atomic E-state index is 12.0. The molecule has 1 heterocycles. The number of carbonyl (C=O) groups is 1. The fourth-order valence-corrected chi connectivity index (χ4v) is 2.74. The van der Waals surface area contributed by atoms with E-state index in [0.717, 1.165) is 30.8 Å². The second-order valence-electron chi connectivity index (χ2n) is 5.55. The molecule has 0 radical (unpaired) electrons. The summed E-state index contributed by atoms with van der Waals surface area (Å²) in [5, 5.41) is 6.27. The molecule has 0 saturated carbocycles. The van der Waals surface area contributed by atoms with Gasteiger partial charge in [-0.25, -0.2) is 0 Å². The molecule has 2 aromatic rings. The first-order valence-electron chi connectivity index (χ1n) is 7.47. The summed E-state index contributed by atoms with van der Waals surface area (Å²) in [7, 11) is 0. The number of hydrogen-bond acceptors (Lipinski definition) is 2. The largest absolute Gasteiger partial charge is 0.326 e. The third-order valence-corrected chi connectivity index (χ3v) is 3.91. The molecule has 1 amide bonds. The van der Waals surface area contributed by atoms with Crippen molar-refractivity contribution >= 4 is 11.6 Å². The van der Waals surface area contributed by atoms with Gasteiger partial charge in [-0.15, -0.1) is 0 Å². The zero-order valence-corrected chi connectivity index (χ0v) is 12.0. The molecule has 1 aliphatic heterocycles. The van der Waals surface area contributed by atoms with Crippen molar-refractivity contribution in [3.63, 3.8) is 0 Å². The maximum Gasteiger partial charge on any atom is 0.224 e. The van der Waals surface area contributed by atoms with Gasteiger partial charge in [-0.05, 0) is 48.7 Å². The molecule has 21 heavy (non-hydrogen) atoms. The van der Waals surface area contributed by atoms with Crippen LogP contribution in [0.1, 0.15) is 12.8 Å². The van der Waals surface area contributed by atoms with E-state index in [0.29, 0.717) is 12.3 Å². The van der Waals surface area contributed by atoms with E-state index in [-0.39, 0.29) is 5.91 Å². The van der Waals surface area contributed by atoms with Crippen molar-refractivity contribution in [2.24, 2.45) is 5.92 Å². The Labute approximate surface area is 125 Å². The second kappa shape index (κ2) is 6.55. The molecular formula is C18H20N2O. The van der Waals surface area contributed by atoms with Gasteiger partial charge >= 0.3 is 0 Å². The van der Waals surface area contributed by atoms with E-state index in [1.54, 1.807) is 0 Å². The van der Waals surface area contributed by atoms with E-state index in [4.69, 9.17) is 0 Å². The van der Waals surface area contributed by atoms with Crippen LogP contribution >= 0.6 is 0 Å². The Hall–Kier alpha value is -2.13. The lowest BCUT2D eigenvalue weighted by atomic mass is 10.0. The Morgan fingerprint density at radius 2 is 1.76 bits per heavy atom. The summed E-state index contributed by atoms with van der Waals surface area (Å²) in [5.41, 5.74) is 3.21. The van der Waals surface area contributed by atoms with Gasteiger partial charge in [-0.3, -0.25) is 4.79 Å². The molecule has 1 aliphatic rings. The summed E-state index contributed by atoms with van der Waals surface area (Å²) < 4.78 is 0. The third-order valence-electron chi connectivity index (χ3n) is 3.91. The number of amides is 1. The lowest BCUT2D eigenvalue weighted by Gasteiger charge is -2.10. The molecule has 0 aromatic heterocycles. The normalized spacial score (nSPS) is 17.6. The molecule has 3 rings (SSSR count). The Balaban J connectivity index is 1.60. The maximum atomic E-state index is 12.0. The highest BCUT2D eigenvalue weighted by Gasteiger charge is 2.17. The van der Waals surface area contributed by atoms with Crippen molar-refractivity contribution in [2.45, 2.75) is 12.8 Å². The minimum Gasteiger partial charge on any atom is -0.326 e. The highest BCUT2D eigenvalue weighted by molar-refractivity contribution is 5.91. The average Bonchev–Trinajstić information content (AvgIpc) is 3.02. The molecule has 108 valence electrons. The molecule has 2 aromatic carbocycles. The number of carbonyl (C=O) groups excluding carboxylic acids is 1. The molecule has 1 atom stereocenters. The van der Waals surface area contributed by atoms with Gasteiger partial charge in [0.05, 0.1) is 0 Å². The van der Waals surface area contributed by atoms with Crippen molar-refractivity contribution < 1.29 is 4.79 Å². The monoisotopic (exact) mass is 280 g/mol. The molecule has 0 spiro atoms. The molecule has 0 bridgehead atoms. The number of hydrogen-bond donors (Lipinski definition) is 2. The summed E-state index contributed by atoms with van der Waals surface area (Å²) in [4.78, 5) is 12.0. The molecule has 1 saturated heterocycles. The quantitative estimate of drug-likeness (QED) is 0.902. The average molecular weight is 280 g/mol. The van der Waals surface area contributed by atoms with Crippen LogP contribution in [0.4, 0.5) is 5.69 Å². The SMILES string of the molecule is O=C(CC1CCNC1)Nc1ccc(-c2ccccc2)cc1. The lowest BCUT2D eigenvalue weighted by Crippen LogP contribution is -2.18. The standard InChI is InChI=1S/C18H20N2O/c21-18(12-14-10-11-19-13-14)20-17-8-6-16(7-9-17)15-4-2-1-3-5-15/h1-9,14,19H,10-13H2,(H,20,21). The topological polar surface area (TPSA) is 41.1 Å². The van der Waals surface area contributed by atoms with E-state index in [1.807, 2.05) is 42.5 Å². The molecule has 2 N–H and O–H groups in total. The number of benzene rings is 2. The van der Waals surface area contributed by atoms with Gasteiger partial charge in [-0.1, -0.05) is 42.5 Å². The van der Waals surface area contributed by atoms with E-state index < -0.39 is 0 Å². The van der Waals surface area contributed by atoms with Crippen LogP contribution in [0.3, 0.4) is 0 Å². The molecule has 0 aliphatic carbocycles. The third kappa shape index (κ3) is 3.70. The molecule has 1 unspecified atom stereocenters. The van der Waals surface area contributed by atoms with Crippen LogP contribution in [0.25, 0.3) is 11.1 Å². The summed E-state index contributed by atoms with van der Waals surface area (Å²) in [6.45, 7) is 1.99. The van der Waals surface area contributed by atoms with Crippen molar-refractivity contribution in [1.82, 2.24) is 5.32 Å². The number of nitrogens with one attached hydrogen (secondary N) is 2. The summed E-state index contributed by atoms with van der Waals surface area (Å²) in [6, 6.07) is 18.3. The van der Waals surface area contributed by atoms with Gasteiger partial charge < -0.3 is 10.6 Å². The molecule has 1 fully saturated rings. The van der Waals surface area contributed by atoms with Crippen molar-refractivity contribution in [2.75, 3.05) is 18.4 Å². The number of anilines is 1. The van der Waals surface area contributed by atoms with Crippen LogP contribution in [-0.4, -0.2) is 19.0 Å². The minimum atomic E-state index is 0.108. The first-order valence-corrected chi connectivity index (χ1v) is 7.47. The highest BCUT2D eigenvalue weighted by atomic mass is 16.1. The second-order valence-corrected chi connectivity index (χ2v) is 5.55. The van der Waals surface area contributed by atoms with Crippen molar-refractivity contribution in [3.05, 3.63) is 54.6 Å². The number of rotatable bonds is 4. The first-order chi connectivity index (χ1) is 10.3. The summed E-state index contributed by atoms with van der Waals surface area (Å²) in [6.07, 6.45) is 1.70. The zero-order valence-electron chi connectivity index (χ0n) is 12.0. The fourth-order valence-electron chi connectivity index (χ4n) is 2.74. The highest BCUT2D eigenvalue weighted by Crippen LogP contribution is 2.21. The Morgan fingerprint density at radius 3 is 2.43 bits per heavy atom. The van der Waals surface area contributed by atoms with E-state index in [9.17, 15) is 4.79 Å². The van der Waals surface area contributed by atoms with Gasteiger partial charge in [0.1, 0.15) is 0 Å². The van der Waals surface area contributed by atoms with Crippen LogP contribution in [0, 0.1) is 5.92 Å². The zero-order chi connectivity index (χ0) is 14.5. The van der Waals surface area contributed by atoms with Crippen LogP contribution < -0.4 is 10.6 Å². The predicted molar refractivity (Wildman–Crippen MR) is 86.1 cm³/mol. The smallest absolute Gasteiger partial charge is 0.224 e. The van der Waals surface area contributed by atoms with Crippen molar-refractivity contribution in [3.8, 4) is 11.1 Å². The van der Waals surface area contributed by atoms with Crippen LogP contribution in [0.5, 0.6) is 0 Å². The molecule has 3 nitrogen and oxygen atoms in total. The molecule has 3 heteroatoms. The van der Waals surface area contributed by atoms with Crippen molar-refractivity contribution in [1.29, 1.82) is 0 Å². The van der Waals surface area contributed by atoms with Gasteiger partial charge in [0.25, 0.3) is 0 Å². The Kier molecular flexibility index (Phi) is 4.31. The van der Waals surface area contributed by atoms with Crippen LogP contribution in [0.2, 0.25) is 0 Å². The Morgan fingerprint density at radius 1 is 1.05 bits per heavy atom. The van der Waals surface area contributed by atoms with E-state index in [2.05, 4.69) is 22.8 Å². The van der Waals surface area contributed by atoms with E-state index >= 15 is 0 Å². The van der Waals surface area contributed by atoms with Gasteiger partial charge in [0.15, 0.2) is 0 Å². The van der Waals surface area contributed by atoms with Gasteiger partial charge in [0, 0.05) is 12.1 Å². The Bertz CT molecular complexity index is 586. The summed E-state index contributed by atoms with van der Waals surface area (Å²) >= 11 is 0. The fraction of sp³-hybridized carbons (Fsp3) is 0.278. The summed E-state index contributed by atoms with van der Waals surface area (Å²) in [5.74, 6) is 0.588. The van der Waals surface area contributed by atoms with Crippen LogP contribution in [-0.2, 0) is 4.79 Å².